The lowest BCUT2D eigenvalue weighted by Gasteiger charge is -2.23. The molecule has 1 aliphatic heterocycles. The fourth-order valence-corrected chi connectivity index (χ4v) is 2.47. The van der Waals surface area contributed by atoms with Crippen molar-refractivity contribution in [1.29, 1.82) is 5.26 Å². The molecule has 0 radical (unpaired) electrons. The fraction of sp³-hybridized carbons (Fsp3) is 0.500. The van der Waals surface area contributed by atoms with Crippen molar-refractivity contribution >= 4 is 0 Å². The molecule has 0 aliphatic carbocycles. The Kier molecular flexibility index (Phi) is 4.06. The van der Waals surface area contributed by atoms with Gasteiger partial charge in [0, 0.05) is 6.04 Å². The Morgan fingerprint density at radius 1 is 1.50 bits per heavy atom. The molecule has 1 heterocycles. The summed E-state index contributed by atoms with van der Waals surface area (Å²) in [5.41, 5.74) is 1.37. The molecular formula is C14H18N2O2. The summed E-state index contributed by atoms with van der Waals surface area (Å²) in [5, 5.41) is 22.3. The summed E-state index contributed by atoms with van der Waals surface area (Å²) in [6.45, 7) is 1.05. The first-order valence-corrected chi connectivity index (χ1v) is 6.28. The van der Waals surface area contributed by atoms with Crippen LogP contribution in [0.3, 0.4) is 0 Å². The Bertz CT molecular complexity index is 460. The maximum absolute atomic E-state index is 9.84. The van der Waals surface area contributed by atoms with Gasteiger partial charge in [0.15, 0.2) is 11.5 Å². The molecule has 1 unspecified atom stereocenters. The fourth-order valence-electron chi connectivity index (χ4n) is 2.47. The summed E-state index contributed by atoms with van der Waals surface area (Å²) in [4.78, 5) is 0. The van der Waals surface area contributed by atoms with Crippen molar-refractivity contribution in [1.82, 2.24) is 5.32 Å². The highest BCUT2D eigenvalue weighted by atomic mass is 16.5. The summed E-state index contributed by atoms with van der Waals surface area (Å²) in [6.07, 6.45) is 4.46. The number of ether oxygens (including phenoxy) is 1. The number of nitrogens with one attached hydrogen (secondary N) is 1. The third-order valence-electron chi connectivity index (χ3n) is 3.35. The van der Waals surface area contributed by atoms with E-state index in [-0.39, 0.29) is 11.5 Å². The van der Waals surface area contributed by atoms with E-state index in [0.29, 0.717) is 11.6 Å². The number of nitrogens with zero attached hydrogens (tertiary/aromatic N) is 1. The number of rotatable bonds is 3. The van der Waals surface area contributed by atoms with Gasteiger partial charge in [-0.3, -0.25) is 0 Å². The predicted octanol–water partition coefficient (Wildman–Crippen LogP) is 1.96. The molecule has 1 aromatic rings. The van der Waals surface area contributed by atoms with E-state index in [2.05, 4.69) is 11.4 Å². The second kappa shape index (κ2) is 5.74. The molecule has 0 aromatic heterocycles. The van der Waals surface area contributed by atoms with E-state index in [4.69, 9.17) is 10.00 Å². The SMILES string of the molecule is COc1c(O)cc(CC2CCCCN2)cc1C#N. The van der Waals surface area contributed by atoms with Crippen molar-refractivity contribution in [2.24, 2.45) is 0 Å². The zero-order valence-corrected chi connectivity index (χ0v) is 10.6. The minimum atomic E-state index is 0.0439. The summed E-state index contributed by atoms with van der Waals surface area (Å²) < 4.78 is 5.02. The number of hydrogen-bond donors (Lipinski definition) is 2. The van der Waals surface area contributed by atoms with Gasteiger partial charge in [-0.2, -0.15) is 5.26 Å². The first kappa shape index (κ1) is 12.7. The van der Waals surface area contributed by atoms with Crippen LogP contribution in [0, 0.1) is 11.3 Å². The largest absolute Gasteiger partial charge is 0.504 e. The van der Waals surface area contributed by atoms with Gasteiger partial charge in [-0.1, -0.05) is 6.42 Å². The lowest BCUT2D eigenvalue weighted by molar-refractivity contribution is 0.370. The maximum Gasteiger partial charge on any atom is 0.178 e. The van der Waals surface area contributed by atoms with Crippen molar-refractivity contribution in [3.05, 3.63) is 23.3 Å². The Hall–Kier alpha value is -1.73. The molecule has 1 saturated heterocycles. The molecule has 4 heteroatoms. The van der Waals surface area contributed by atoms with Crippen LogP contribution < -0.4 is 10.1 Å². The van der Waals surface area contributed by atoms with Crippen molar-refractivity contribution in [2.75, 3.05) is 13.7 Å². The van der Waals surface area contributed by atoms with Gasteiger partial charge < -0.3 is 15.2 Å². The highest BCUT2D eigenvalue weighted by Gasteiger charge is 2.16. The number of aromatic hydroxyl groups is 1. The number of hydrogen-bond acceptors (Lipinski definition) is 4. The van der Waals surface area contributed by atoms with Gasteiger partial charge in [-0.25, -0.2) is 0 Å². The molecule has 0 bridgehead atoms. The molecule has 2 rings (SSSR count). The van der Waals surface area contributed by atoms with Gasteiger partial charge in [0.25, 0.3) is 0 Å². The summed E-state index contributed by atoms with van der Waals surface area (Å²) >= 11 is 0. The summed E-state index contributed by atoms with van der Waals surface area (Å²) in [6, 6.07) is 5.99. The second-order valence-electron chi connectivity index (χ2n) is 4.66. The number of benzene rings is 1. The number of piperidine rings is 1. The molecular weight excluding hydrogens is 228 g/mol. The molecule has 1 atom stereocenters. The van der Waals surface area contributed by atoms with Crippen molar-refractivity contribution in [3.8, 4) is 17.6 Å². The van der Waals surface area contributed by atoms with E-state index in [1.54, 1.807) is 12.1 Å². The topological polar surface area (TPSA) is 65.3 Å². The number of phenolic OH excluding ortho intramolecular Hbond substituents is 1. The molecule has 0 saturated carbocycles. The van der Waals surface area contributed by atoms with E-state index in [0.717, 1.165) is 24.9 Å². The van der Waals surface area contributed by atoms with Crippen LogP contribution in [0.4, 0.5) is 0 Å². The molecule has 1 aliphatic rings. The Morgan fingerprint density at radius 3 is 2.94 bits per heavy atom. The van der Waals surface area contributed by atoms with Crippen molar-refractivity contribution in [3.63, 3.8) is 0 Å². The van der Waals surface area contributed by atoms with Crippen LogP contribution in [0.1, 0.15) is 30.4 Å². The smallest absolute Gasteiger partial charge is 0.178 e. The quantitative estimate of drug-likeness (QED) is 0.855. The lowest BCUT2D eigenvalue weighted by atomic mass is 9.96. The maximum atomic E-state index is 9.84. The van der Waals surface area contributed by atoms with Crippen molar-refractivity contribution < 1.29 is 9.84 Å². The van der Waals surface area contributed by atoms with Gasteiger partial charge in [0.2, 0.25) is 0 Å². The van der Waals surface area contributed by atoms with Crippen LogP contribution in [0.25, 0.3) is 0 Å². The molecule has 2 N–H and O–H groups in total. The number of nitriles is 1. The predicted molar refractivity (Wildman–Crippen MR) is 68.7 cm³/mol. The van der Waals surface area contributed by atoms with Crippen LogP contribution >= 0.6 is 0 Å². The average Bonchev–Trinajstić information content (AvgIpc) is 2.39. The average molecular weight is 246 g/mol. The molecule has 0 spiro atoms. The Balaban J connectivity index is 2.18. The van der Waals surface area contributed by atoms with E-state index in [1.165, 1.54) is 20.0 Å². The van der Waals surface area contributed by atoms with Gasteiger partial charge in [0.05, 0.1) is 12.7 Å². The van der Waals surface area contributed by atoms with Crippen LogP contribution in [0.2, 0.25) is 0 Å². The first-order valence-electron chi connectivity index (χ1n) is 6.28. The highest BCUT2D eigenvalue weighted by Crippen LogP contribution is 2.31. The van der Waals surface area contributed by atoms with Gasteiger partial charge in [-0.15, -0.1) is 0 Å². The molecule has 96 valence electrons. The van der Waals surface area contributed by atoms with Crippen LogP contribution in [-0.2, 0) is 6.42 Å². The minimum Gasteiger partial charge on any atom is -0.504 e. The summed E-state index contributed by atoms with van der Waals surface area (Å²) in [5.74, 6) is 0.306. The van der Waals surface area contributed by atoms with Gasteiger partial charge in [0.1, 0.15) is 6.07 Å². The number of methoxy groups -OCH3 is 1. The molecule has 1 aromatic carbocycles. The molecule has 1 fully saturated rings. The minimum absolute atomic E-state index is 0.0439. The number of phenols is 1. The Labute approximate surface area is 107 Å². The van der Waals surface area contributed by atoms with Crippen LogP contribution in [0.5, 0.6) is 11.5 Å². The zero-order valence-electron chi connectivity index (χ0n) is 10.6. The van der Waals surface area contributed by atoms with E-state index in [1.807, 2.05) is 0 Å². The van der Waals surface area contributed by atoms with Gasteiger partial charge in [-0.05, 0) is 43.5 Å². The van der Waals surface area contributed by atoms with Crippen LogP contribution in [0.15, 0.2) is 12.1 Å². The molecule has 0 amide bonds. The van der Waals surface area contributed by atoms with E-state index >= 15 is 0 Å². The first-order chi connectivity index (χ1) is 8.74. The standard InChI is InChI=1S/C14H18N2O2/c1-18-14-11(9-15)6-10(8-13(14)17)7-12-4-2-3-5-16-12/h6,8,12,16-17H,2-5,7H2,1H3. The zero-order chi connectivity index (χ0) is 13.0. The monoisotopic (exact) mass is 246 g/mol. The molecule has 18 heavy (non-hydrogen) atoms. The van der Waals surface area contributed by atoms with Crippen molar-refractivity contribution in [2.45, 2.75) is 31.7 Å². The lowest BCUT2D eigenvalue weighted by Crippen LogP contribution is -2.35. The summed E-state index contributed by atoms with van der Waals surface area (Å²) in [7, 11) is 1.46. The second-order valence-corrected chi connectivity index (χ2v) is 4.66. The third-order valence-corrected chi connectivity index (χ3v) is 3.35. The van der Waals surface area contributed by atoms with Gasteiger partial charge >= 0.3 is 0 Å². The highest BCUT2D eigenvalue weighted by molar-refractivity contribution is 5.54. The normalized spacial score (nSPS) is 19.2. The van der Waals surface area contributed by atoms with Crippen LogP contribution in [-0.4, -0.2) is 24.8 Å². The molecule has 4 nitrogen and oxygen atoms in total. The Morgan fingerprint density at radius 2 is 2.33 bits per heavy atom. The van der Waals surface area contributed by atoms with E-state index in [9.17, 15) is 5.11 Å². The third kappa shape index (κ3) is 2.74. The van der Waals surface area contributed by atoms with E-state index < -0.39 is 0 Å².